The third kappa shape index (κ3) is 2.05. The first-order chi connectivity index (χ1) is 9.15. The van der Waals surface area contributed by atoms with Crippen LogP contribution in [0.15, 0.2) is 18.2 Å². The second-order valence-corrected chi connectivity index (χ2v) is 5.75. The highest BCUT2D eigenvalue weighted by atomic mass is 16.5. The van der Waals surface area contributed by atoms with Crippen LogP contribution in [0.25, 0.3) is 0 Å². The Morgan fingerprint density at radius 1 is 1.47 bits per heavy atom. The quantitative estimate of drug-likeness (QED) is 0.849. The molecule has 1 saturated carbocycles. The Kier molecular flexibility index (Phi) is 2.88. The van der Waals surface area contributed by atoms with E-state index in [2.05, 4.69) is 18.3 Å². The lowest BCUT2D eigenvalue weighted by molar-refractivity contribution is -0.111. The van der Waals surface area contributed by atoms with E-state index in [1.54, 1.807) is 7.11 Å². The fourth-order valence-electron chi connectivity index (χ4n) is 3.55. The van der Waals surface area contributed by atoms with Gasteiger partial charge < -0.3 is 14.8 Å². The summed E-state index contributed by atoms with van der Waals surface area (Å²) in [6.07, 6.45) is 3.61. The predicted octanol–water partition coefficient (Wildman–Crippen LogP) is 2.23. The van der Waals surface area contributed by atoms with Gasteiger partial charge in [0.1, 0.15) is 5.60 Å². The van der Waals surface area contributed by atoms with Crippen LogP contribution in [-0.2, 0) is 4.79 Å². The van der Waals surface area contributed by atoms with Gasteiger partial charge in [0.05, 0.1) is 7.11 Å². The number of methoxy groups -OCH3 is 1. The van der Waals surface area contributed by atoms with Crippen molar-refractivity contribution in [1.29, 1.82) is 0 Å². The summed E-state index contributed by atoms with van der Waals surface area (Å²) in [7, 11) is 1.67. The molecule has 1 aromatic rings. The molecule has 0 saturated heterocycles. The lowest BCUT2D eigenvalue weighted by atomic mass is 9.71. The largest absolute Gasteiger partial charge is 0.493 e. The topological polar surface area (TPSA) is 47.6 Å². The van der Waals surface area contributed by atoms with E-state index < -0.39 is 0 Å². The minimum atomic E-state index is -0.217. The van der Waals surface area contributed by atoms with Crippen LogP contribution in [0.4, 0.5) is 0 Å². The summed E-state index contributed by atoms with van der Waals surface area (Å²) in [6.45, 7) is 2.12. The van der Waals surface area contributed by atoms with Crippen molar-refractivity contribution in [1.82, 2.24) is 5.32 Å². The molecule has 1 amide bonds. The maximum atomic E-state index is 10.7. The van der Waals surface area contributed by atoms with E-state index in [1.165, 1.54) is 5.56 Å². The molecule has 0 spiro atoms. The van der Waals surface area contributed by atoms with Crippen molar-refractivity contribution in [2.75, 3.05) is 7.11 Å². The van der Waals surface area contributed by atoms with Crippen LogP contribution in [0.1, 0.15) is 37.7 Å². The van der Waals surface area contributed by atoms with Crippen molar-refractivity contribution in [2.45, 2.75) is 43.7 Å². The Morgan fingerprint density at radius 2 is 2.32 bits per heavy atom. The van der Waals surface area contributed by atoms with Crippen LogP contribution < -0.4 is 14.8 Å². The zero-order valence-electron chi connectivity index (χ0n) is 11.3. The van der Waals surface area contributed by atoms with Crippen LogP contribution in [-0.4, -0.2) is 25.2 Å². The fourth-order valence-corrected chi connectivity index (χ4v) is 3.55. The SMILES string of the molecule is COc1cccc2c1OC1(C)CC2C[C@H](NC=O)C1. The van der Waals surface area contributed by atoms with Gasteiger partial charge in [0.25, 0.3) is 0 Å². The summed E-state index contributed by atoms with van der Waals surface area (Å²) in [5.41, 5.74) is 0.986. The van der Waals surface area contributed by atoms with Crippen molar-refractivity contribution in [2.24, 2.45) is 0 Å². The van der Waals surface area contributed by atoms with Crippen molar-refractivity contribution in [3.8, 4) is 11.5 Å². The lowest BCUT2D eigenvalue weighted by Gasteiger charge is -2.47. The van der Waals surface area contributed by atoms with Gasteiger partial charge in [0.15, 0.2) is 11.5 Å². The molecule has 2 bridgehead atoms. The third-order valence-corrected chi connectivity index (χ3v) is 4.25. The maximum absolute atomic E-state index is 10.7. The van der Waals surface area contributed by atoms with Gasteiger partial charge in [-0.3, -0.25) is 4.79 Å². The van der Waals surface area contributed by atoms with Gasteiger partial charge >= 0.3 is 0 Å². The Labute approximate surface area is 113 Å². The molecule has 3 atom stereocenters. The molecule has 1 aliphatic carbocycles. The molecule has 0 aromatic heterocycles. The first-order valence-corrected chi connectivity index (χ1v) is 6.71. The molecule has 2 unspecified atom stereocenters. The zero-order chi connectivity index (χ0) is 13.5. The average Bonchev–Trinajstić information content (AvgIpc) is 2.37. The Morgan fingerprint density at radius 3 is 3.05 bits per heavy atom. The minimum Gasteiger partial charge on any atom is -0.493 e. The van der Waals surface area contributed by atoms with E-state index >= 15 is 0 Å². The van der Waals surface area contributed by atoms with Crippen molar-refractivity contribution in [3.63, 3.8) is 0 Å². The number of benzene rings is 1. The molecule has 4 nitrogen and oxygen atoms in total. The number of hydrogen-bond donors (Lipinski definition) is 1. The molecule has 102 valence electrons. The van der Waals surface area contributed by atoms with E-state index in [1.807, 2.05) is 12.1 Å². The number of hydrogen-bond acceptors (Lipinski definition) is 3. The van der Waals surface area contributed by atoms with Crippen LogP contribution >= 0.6 is 0 Å². The fraction of sp³-hybridized carbons (Fsp3) is 0.533. The molecule has 1 heterocycles. The summed E-state index contributed by atoms with van der Waals surface area (Å²) >= 11 is 0. The highest BCUT2D eigenvalue weighted by Gasteiger charge is 2.45. The zero-order valence-corrected chi connectivity index (χ0v) is 11.3. The Balaban J connectivity index is 1.99. The molecule has 0 radical (unpaired) electrons. The molecule has 1 N–H and O–H groups in total. The lowest BCUT2D eigenvalue weighted by Crippen LogP contribution is -2.49. The minimum absolute atomic E-state index is 0.195. The summed E-state index contributed by atoms with van der Waals surface area (Å²) in [4.78, 5) is 10.7. The van der Waals surface area contributed by atoms with Crippen LogP contribution in [0.2, 0.25) is 0 Å². The molecular formula is C15H19NO3. The second-order valence-electron chi connectivity index (χ2n) is 5.75. The number of carbonyl (C=O) groups is 1. The standard InChI is InChI=1S/C15H19NO3/c1-15-7-10(6-11(8-15)16-9-17)12-4-3-5-13(18-2)14(12)19-15/h3-5,9-11H,6-8H2,1-2H3,(H,16,17)/t10?,11-,15?/m0/s1. The van der Waals surface area contributed by atoms with E-state index in [0.29, 0.717) is 5.92 Å². The summed E-state index contributed by atoms with van der Waals surface area (Å²) in [6, 6.07) is 6.23. The van der Waals surface area contributed by atoms with E-state index in [-0.39, 0.29) is 11.6 Å². The van der Waals surface area contributed by atoms with Gasteiger partial charge in [-0.1, -0.05) is 12.1 Å². The molecule has 3 rings (SSSR count). The normalized spacial score (nSPS) is 31.9. The number of rotatable bonds is 3. The van der Waals surface area contributed by atoms with Gasteiger partial charge in [-0.05, 0) is 31.7 Å². The molecule has 1 aliphatic heterocycles. The van der Waals surface area contributed by atoms with E-state index in [4.69, 9.17) is 9.47 Å². The van der Waals surface area contributed by atoms with Crippen LogP contribution in [0.3, 0.4) is 0 Å². The van der Waals surface area contributed by atoms with E-state index in [9.17, 15) is 4.79 Å². The van der Waals surface area contributed by atoms with Gasteiger partial charge in [-0.2, -0.15) is 0 Å². The smallest absolute Gasteiger partial charge is 0.207 e. The van der Waals surface area contributed by atoms with Crippen molar-refractivity contribution >= 4 is 6.41 Å². The van der Waals surface area contributed by atoms with Crippen molar-refractivity contribution in [3.05, 3.63) is 23.8 Å². The second kappa shape index (κ2) is 4.44. The van der Waals surface area contributed by atoms with Crippen molar-refractivity contribution < 1.29 is 14.3 Å². The molecule has 1 aromatic carbocycles. The summed E-state index contributed by atoms with van der Waals surface area (Å²) < 4.78 is 11.6. The van der Waals surface area contributed by atoms with Gasteiger partial charge in [-0.15, -0.1) is 0 Å². The molecule has 4 heteroatoms. The molecule has 1 fully saturated rings. The van der Waals surface area contributed by atoms with Gasteiger partial charge in [0, 0.05) is 18.0 Å². The number of para-hydroxylation sites is 1. The average molecular weight is 261 g/mol. The van der Waals surface area contributed by atoms with Crippen LogP contribution in [0, 0.1) is 0 Å². The Bertz CT molecular complexity index is 502. The predicted molar refractivity (Wildman–Crippen MR) is 71.6 cm³/mol. The number of fused-ring (bicyclic) bond motifs is 4. The summed E-state index contributed by atoms with van der Waals surface area (Å²) in [5.74, 6) is 2.11. The number of nitrogens with one attached hydrogen (secondary N) is 1. The monoisotopic (exact) mass is 261 g/mol. The van der Waals surface area contributed by atoms with E-state index in [0.717, 1.165) is 37.2 Å². The third-order valence-electron chi connectivity index (χ3n) is 4.25. The number of ether oxygens (including phenoxy) is 2. The van der Waals surface area contributed by atoms with Gasteiger partial charge in [-0.25, -0.2) is 0 Å². The van der Waals surface area contributed by atoms with Crippen LogP contribution in [0.5, 0.6) is 11.5 Å². The highest BCUT2D eigenvalue weighted by Crippen LogP contribution is 2.51. The highest BCUT2D eigenvalue weighted by molar-refractivity contribution is 5.51. The maximum Gasteiger partial charge on any atom is 0.207 e. The summed E-state index contributed by atoms with van der Waals surface area (Å²) in [5, 5.41) is 2.91. The first-order valence-electron chi connectivity index (χ1n) is 6.71. The molecule has 19 heavy (non-hydrogen) atoms. The number of amides is 1. The Hall–Kier alpha value is -1.71. The molecule has 2 aliphatic rings. The first kappa shape index (κ1) is 12.3. The van der Waals surface area contributed by atoms with Gasteiger partial charge in [0.2, 0.25) is 6.41 Å². The number of carbonyl (C=O) groups excluding carboxylic acids is 1. The molecular weight excluding hydrogens is 242 g/mol.